The van der Waals surface area contributed by atoms with Crippen LogP contribution in [-0.4, -0.2) is 19.9 Å². The molecule has 0 unspecified atom stereocenters. The van der Waals surface area contributed by atoms with Crippen LogP contribution in [0, 0.1) is 6.92 Å². The fraction of sp³-hybridized carbons (Fsp3) is 0.0588. The van der Waals surface area contributed by atoms with E-state index in [1.54, 1.807) is 24.8 Å². The molecular weight excluding hydrogens is 260 g/mol. The summed E-state index contributed by atoms with van der Waals surface area (Å²) in [6.45, 7) is 2.05. The lowest BCUT2D eigenvalue weighted by molar-refractivity contribution is 1.16. The summed E-state index contributed by atoms with van der Waals surface area (Å²) in [5.74, 6) is 0. The first-order valence-corrected chi connectivity index (χ1v) is 6.65. The maximum absolute atomic E-state index is 4.44. The summed E-state index contributed by atoms with van der Waals surface area (Å²) in [7, 11) is 0. The summed E-state index contributed by atoms with van der Waals surface area (Å²) in [4.78, 5) is 16.8. The van der Waals surface area contributed by atoms with E-state index < -0.39 is 0 Å². The highest BCUT2D eigenvalue weighted by Gasteiger charge is 2.06. The van der Waals surface area contributed by atoms with Gasteiger partial charge in [-0.05, 0) is 36.2 Å². The summed E-state index contributed by atoms with van der Waals surface area (Å²) >= 11 is 0. The van der Waals surface area contributed by atoms with E-state index in [9.17, 15) is 0 Å². The topological polar surface area (TPSA) is 51.6 Å². The predicted molar refractivity (Wildman–Crippen MR) is 83.2 cm³/mol. The SMILES string of the molecule is Cc1c(C=Cc2cncnc2)ccnc1-c1ccccn1. The summed E-state index contributed by atoms with van der Waals surface area (Å²) in [6, 6.07) is 7.82. The fourth-order valence-corrected chi connectivity index (χ4v) is 2.07. The molecule has 4 heteroatoms. The zero-order valence-electron chi connectivity index (χ0n) is 11.6. The van der Waals surface area contributed by atoms with Crippen molar-refractivity contribution in [2.75, 3.05) is 0 Å². The van der Waals surface area contributed by atoms with Crippen LogP contribution in [0.15, 0.2) is 55.4 Å². The van der Waals surface area contributed by atoms with Crippen molar-refractivity contribution in [3.8, 4) is 11.4 Å². The fourth-order valence-electron chi connectivity index (χ4n) is 2.07. The second-order valence-electron chi connectivity index (χ2n) is 4.59. The summed E-state index contributed by atoms with van der Waals surface area (Å²) in [5, 5.41) is 0. The highest BCUT2D eigenvalue weighted by atomic mass is 14.8. The van der Waals surface area contributed by atoms with Crippen molar-refractivity contribution in [2.24, 2.45) is 0 Å². The molecule has 4 nitrogen and oxygen atoms in total. The molecule has 3 rings (SSSR count). The van der Waals surface area contributed by atoms with Crippen LogP contribution in [0.3, 0.4) is 0 Å². The maximum Gasteiger partial charge on any atom is 0.115 e. The van der Waals surface area contributed by atoms with Crippen LogP contribution in [0.4, 0.5) is 0 Å². The third-order valence-electron chi connectivity index (χ3n) is 3.19. The second-order valence-corrected chi connectivity index (χ2v) is 4.59. The molecule has 0 radical (unpaired) electrons. The summed E-state index contributed by atoms with van der Waals surface area (Å²) in [6.07, 6.45) is 12.7. The zero-order valence-corrected chi connectivity index (χ0v) is 11.6. The van der Waals surface area contributed by atoms with Crippen LogP contribution >= 0.6 is 0 Å². The van der Waals surface area contributed by atoms with Gasteiger partial charge in [0.25, 0.3) is 0 Å². The van der Waals surface area contributed by atoms with Gasteiger partial charge in [-0.1, -0.05) is 18.2 Å². The number of nitrogens with zero attached hydrogens (tertiary/aromatic N) is 4. The van der Waals surface area contributed by atoms with Gasteiger partial charge in [0.05, 0.1) is 11.4 Å². The molecule has 0 aromatic carbocycles. The maximum atomic E-state index is 4.44. The molecule has 0 aliphatic rings. The van der Waals surface area contributed by atoms with E-state index in [2.05, 4.69) is 26.9 Å². The molecule has 3 aromatic rings. The van der Waals surface area contributed by atoms with Crippen molar-refractivity contribution < 1.29 is 0 Å². The molecule has 3 heterocycles. The van der Waals surface area contributed by atoms with E-state index in [0.717, 1.165) is 28.1 Å². The summed E-state index contributed by atoms with van der Waals surface area (Å²) in [5.41, 5.74) is 4.96. The van der Waals surface area contributed by atoms with Crippen LogP contribution in [0.5, 0.6) is 0 Å². The van der Waals surface area contributed by atoms with E-state index >= 15 is 0 Å². The number of hydrogen-bond acceptors (Lipinski definition) is 4. The van der Waals surface area contributed by atoms with Crippen LogP contribution < -0.4 is 0 Å². The lowest BCUT2D eigenvalue weighted by Crippen LogP contribution is -1.93. The first kappa shape index (κ1) is 13.1. The minimum absolute atomic E-state index is 0.883. The molecule has 0 bridgehead atoms. The molecule has 102 valence electrons. The van der Waals surface area contributed by atoms with E-state index in [4.69, 9.17) is 0 Å². The number of pyridine rings is 2. The van der Waals surface area contributed by atoms with Gasteiger partial charge in [0.1, 0.15) is 6.33 Å². The van der Waals surface area contributed by atoms with E-state index in [1.807, 2.05) is 36.4 Å². The third-order valence-corrected chi connectivity index (χ3v) is 3.19. The van der Waals surface area contributed by atoms with Gasteiger partial charge in [-0.15, -0.1) is 0 Å². The Labute approximate surface area is 123 Å². The molecule has 0 atom stereocenters. The van der Waals surface area contributed by atoms with Gasteiger partial charge >= 0.3 is 0 Å². The molecule has 0 aliphatic heterocycles. The Balaban J connectivity index is 1.96. The molecular formula is C17H14N4. The van der Waals surface area contributed by atoms with Crippen LogP contribution in [0.2, 0.25) is 0 Å². The Morgan fingerprint density at radius 3 is 2.52 bits per heavy atom. The van der Waals surface area contributed by atoms with Crippen molar-refractivity contribution in [3.63, 3.8) is 0 Å². The number of aromatic nitrogens is 4. The lowest BCUT2D eigenvalue weighted by atomic mass is 10.0. The first-order chi connectivity index (χ1) is 10.3. The standard InChI is InChI=1S/C17H14N4/c1-13-15(6-5-14-10-18-12-19-11-14)7-9-21-17(13)16-4-2-3-8-20-16/h2-12H,1H3. The molecule has 0 amide bonds. The second kappa shape index (κ2) is 6.05. The quantitative estimate of drug-likeness (QED) is 0.734. The van der Waals surface area contributed by atoms with E-state index in [0.29, 0.717) is 0 Å². The Kier molecular flexibility index (Phi) is 3.78. The van der Waals surface area contributed by atoms with Crippen LogP contribution in [-0.2, 0) is 0 Å². The van der Waals surface area contributed by atoms with Gasteiger partial charge in [-0.2, -0.15) is 0 Å². The van der Waals surface area contributed by atoms with Crippen molar-refractivity contribution in [1.29, 1.82) is 0 Å². The first-order valence-electron chi connectivity index (χ1n) is 6.65. The van der Waals surface area contributed by atoms with Crippen LogP contribution in [0.25, 0.3) is 23.5 Å². The number of hydrogen-bond donors (Lipinski definition) is 0. The van der Waals surface area contributed by atoms with Gasteiger partial charge in [-0.25, -0.2) is 9.97 Å². The van der Waals surface area contributed by atoms with Gasteiger partial charge in [0, 0.05) is 30.4 Å². The molecule has 21 heavy (non-hydrogen) atoms. The Bertz CT molecular complexity index is 752. The molecule has 0 saturated carbocycles. The van der Waals surface area contributed by atoms with Crippen molar-refractivity contribution in [2.45, 2.75) is 6.92 Å². The lowest BCUT2D eigenvalue weighted by Gasteiger charge is -2.07. The van der Waals surface area contributed by atoms with E-state index in [1.165, 1.54) is 6.33 Å². The smallest absolute Gasteiger partial charge is 0.115 e. The average molecular weight is 274 g/mol. The molecule has 0 N–H and O–H groups in total. The Morgan fingerprint density at radius 1 is 0.905 bits per heavy atom. The monoisotopic (exact) mass is 274 g/mol. The van der Waals surface area contributed by atoms with Crippen LogP contribution in [0.1, 0.15) is 16.7 Å². The highest BCUT2D eigenvalue weighted by molar-refractivity contribution is 5.74. The minimum Gasteiger partial charge on any atom is -0.255 e. The largest absolute Gasteiger partial charge is 0.255 e. The zero-order chi connectivity index (χ0) is 14.5. The minimum atomic E-state index is 0.883. The van der Waals surface area contributed by atoms with Crippen molar-refractivity contribution in [1.82, 2.24) is 19.9 Å². The van der Waals surface area contributed by atoms with Crippen molar-refractivity contribution in [3.05, 3.63) is 72.1 Å². The molecule has 0 fully saturated rings. The van der Waals surface area contributed by atoms with Gasteiger partial charge in [-0.3, -0.25) is 9.97 Å². The molecule has 0 spiro atoms. The molecule has 0 aliphatic carbocycles. The molecule has 0 saturated heterocycles. The Morgan fingerprint density at radius 2 is 1.76 bits per heavy atom. The highest BCUT2D eigenvalue weighted by Crippen LogP contribution is 2.22. The third kappa shape index (κ3) is 3.00. The number of rotatable bonds is 3. The molecule has 3 aromatic heterocycles. The van der Waals surface area contributed by atoms with Crippen molar-refractivity contribution >= 4 is 12.2 Å². The normalized spacial score (nSPS) is 10.9. The average Bonchev–Trinajstić information content (AvgIpc) is 2.56. The summed E-state index contributed by atoms with van der Waals surface area (Å²) < 4.78 is 0. The Hall–Kier alpha value is -2.88. The van der Waals surface area contributed by atoms with Gasteiger partial charge in [0.2, 0.25) is 0 Å². The predicted octanol–water partition coefficient (Wildman–Crippen LogP) is 3.41. The van der Waals surface area contributed by atoms with E-state index in [-0.39, 0.29) is 0 Å². The van der Waals surface area contributed by atoms with Gasteiger partial charge < -0.3 is 0 Å². The van der Waals surface area contributed by atoms with Gasteiger partial charge in [0.15, 0.2) is 0 Å².